The molecular weight excluding hydrogens is 302 g/mol. The molecule has 3 aromatic rings. The number of ether oxygens (including phenoxy) is 1. The lowest BCUT2D eigenvalue weighted by Crippen LogP contribution is -2.01. The standard InChI is InChI=1S/C16H13NO4S/c1-20-12-4-2-3-10(7-12)16-17-13(8-14(18)19)15(21-16)11-5-6-22-9-11/h2-7,9H,8H2,1H3,(H,18,19). The molecule has 1 N–H and O–H groups in total. The Hall–Kier alpha value is -2.60. The molecular formula is C16H13NO4S. The fourth-order valence-electron chi connectivity index (χ4n) is 2.11. The first-order valence-electron chi connectivity index (χ1n) is 6.56. The molecule has 0 aliphatic rings. The fraction of sp³-hybridized carbons (Fsp3) is 0.125. The molecule has 0 aliphatic carbocycles. The predicted octanol–water partition coefficient (Wildman–Crippen LogP) is 3.71. The third-order valence-electron chi connectivity index (χ3n) is 3.12. The monoisotopic (exact) mass is 315 g/mol. The van der Waals surface area contributed by atoms with Crippen molar-refractivity contribution in [1.29, 1.82) is 0 Å². The topological polar surface area (TPSA) is 72.6 Å². The van der Waals surface area contributed by atoms with Gasteiger partial charge >= 0.3 is 5.97 Å². The summed E-state index contributed by atoms with van der Waals surface area (Å²) >= 11 is 1.52. The van der Waals surface area contributed by atoms with Gasteiger partial charge in [0.05, 0.1) is 19.2 Å². The van der Waals surface area contributed by atoms with Crippen LogP contribution < -0.4 is 4.74 Å². The van der Waals surface area contributed by atoms with E-state index < -0.39 is 5.97 Å². The second kappa shape index (κ2) is 6.03. The molecule has 0 unspecified atom stereocenters. The van der Waals surface area contributed by atoms with E-state index in [0.717, 1.165) is 11.1 Å². The maximum absolute atomic E-state index is 11.0. The van der Waals surface area contributed by atoms with E-state index in [1.165, 1.54) is 11.3 Å². The Balaban J connectivity index is 2.07. The first-order valence-corrected chi connectivity index (χ1v) is 7.50. The van der Waals surface area contributed by atoms with Gasteiger partial charge in [-0.3, -0.25) is 4.79 Å². The number of carboxylic acid groups (broad SMARTS) is 1. The smallest absolute Gasteiger partial charge is 0.309 e. The van der Waals surface area contributed by atoms with E-state index in [2.05, 4.69) is 4.98 Å². The third kappa shape index (κ3) is 2.87. The Labute approximate surface area is 130 Å². The molecule has 0 amide bonds. The number of thiophene rings is 1. The SMILES string of the molecule is COc1cccc(-c2nc(CC(=O)O)c(-c3ccsc3)o2)c1. The van der Waals surface area contributed by atoms with Gasteiger partial charge in [0.2, 0.25) is 5.89 Å². The number of carboxylic acids is 1. The van der Waals surface area contributed by atoms with Gasteiger partial charge in [-0.05, 0) is 29.6 Å². The molecule has 0 spiro atoms. The van der Waals surface area contributed by atoms with Gasteiger partial charge in [0, 0.05) is 16.5 Å². The molecule has 0 bridgehead atoms. The summed E-state index contributed by atoms with van der Waals surface area (Å²) in [6.07, 6.45) is -0.182. The molecule has 0 fully saturated rings. The summed E-state index contributed by atoms with van der Waals surface area (Å²) in [5.74, 6) is 0.632. The highest BCUT2D eigenvalue weighted by molar-refractivity contribution is 7.08. The number of aliphatic carboxylic acids is 1. The van der Waals surface area contributed by atoms with E-state index in [1.807, 2.05) is 35.0 Å². The molecule has 2 aromatic heterocycles. The van der Waals surface area contributed by atoms with Crippen LogP contribution in [-0.2, 0) is 11.2 Å². The van der Waals surface area contributed by atoms with Crippen molar-refractivity contribution in [3.63, 3.8) is 0 Å². The molecule has 0 aliphatic heterocycles. The second-order valence-corrected chi connectivity index (χ2v) is 5.39. The van der Waals surface area contributed by atoms with Crippen molar-refractivity contribution in [1.82, 2.24) is 4.98 Å². The average molecular weight is 315 g/mol. The van der Waals surface area contributed by atoms with Crippen LogP contribution in [0.3, 0.4) is 0 Å². The number of nitrogens with zero attached hydrogens (tertiary/aromatic N) is 1. The molecule has 0 saturated carbocycles. The molecule has 0 atom stereocenters. The zero-order valence-electron chi connectivity index (χ0n) is 11.8. The normalized spacial score (nSPS) is 10.6. The van der Waals surface area contributed by atoms with E-state index in [9.17, 15) is 4.79 Å². The number of aromatic nitrogens is 1. The van der Waals surface area contributed by atoms with Crippen molar-refractivity contribution in [2.75, 3.05) is 7.11 Å². The Morgan fingerprint density at radius 1 is 1.36 bits per heavy atom. The number of oxazole rings is 1. The minimum atomic E-state index is -0.943. The molecule has 6 heteroatoms. The Kier molecular flexibility index (Phi) is 3.93. The van der Waals surface area contributed by atoms with Crippen molar-refractivity contribution in [2.24, 2.45) is 0 Å². The number of rotatable bonds is 5. The van der Waals surface area contributed by atoms with Gasteiger partial charge in [-0.15, -0.1) is 0 Å². The summed E-state index contributed by atoms with van der Waals surface area (Å²) in [5.41, 5.74) is 2.00. The minimum absolute atomic E-state index is 0.182. The highest BCUT2D eigenvalue weighted by atomic mass is 32.1. The van der Waals surface area contributed by atoms with Gasteiger partial charge in [0.25, 0.3) is 0 Å². The Morgan fingerprint density at radius 2 is 2.23 bits per heavy atom. The van der Waals surface area contributed by atoms with Crippen LogP contribution in [0.2, 0.25) is 0 Å². The molecule has 1 aromatic carbocycles. The van der Waals surface area contributed by atoms with E-state index in [0.29, 0.717) is 23.1 Å². The Bertz CT molecular complexity index is 792. The first kappa shape index (κ1) is 14.3. The van der Waals surface area contributed by atoms with E-state index in [4.69, 9.17) is 14.3 Å². The number of hydrogen-bond donors (Lipinski definition) is 1. The number of carbonyl (C=O) groups is 1. The van der Waals surface area contributed by atoms with Crippen molar-refractivity contribution < 1.29 is 19.1 Å². The van der Waals surface area contributed by atoms with Gasteiger partial charge in [-0.1, -0.05) is 6.07 Å². The third-order valence-corrected chi connectivity index (χ3v) is 3.80. The van der Waals surface area contributed by atoms with Crippen LogP contribution in [0.5, 0.6) is 5.75 Å². The van der Waals surface area contributed by atoms with Gasteiger partial charge in [0.15, 0.2) is 5.76 Å². The lowest BCUT2D eigenvalue weighted by atomic mass is 10.2. The van der Waals surface area contributed by atoms with Crippen LogP contribution in [0, 0.1) is 0 Å². The van der Waals surface area contributed by atoms with Crippen molar-refractivity contribution in [3.05, 3.63) is 46.8 Å². The molecule has 0 saturated heterocycles. The average Bonchev–Trinajstić information content (AvgIpc) is 3.16. The van der Waals surface area contributed by atoms with Crippen LogP contribution in [-0.4, -0.2) is 23.2 Å². The lowest BCUT2D eigenvalue weighted by molar-refractivity contribution is -0.136. The molecule has 3 rings (SSSR count). The zero-order chi connectivity index (χ0) is 15.5. The van der Waals surface area contributed by atoms with E-state index >= 15 is 0 Å². The highest BCUT2D eigenvalue weighted by Gasteiger charge is 2.19. The maximum atomic E-state index is 11.0. The van der Waals surface area contributed by atoms with Gasteiger partial charge < -0.3 is 14.3 Å². The van der Waals surface area contributed by atoms with Crippen LogP contribution >= 0.6 is 11.3 Å². The zero-order valence-corrected chi connectivity index (χ0v) is 12.6. The van der Waals surface area contributed by atoms with Gasteiger partial charge in [-0.2, -0.15) is 11.3 Å². The Morgan fingerprint density at radius 3 is 2.91 bits per heavy atom. The summed E-state index contributed by atoms with van der Waals surface area (Å²) in [6, 6.07) is 9.18. The molecule has 2 heterocycles. The second-order valence-electron chi connectivity index (χ2n) is 4.61. The van der Waals surface area contributed by atoms with Crippen LogP contribution in [0.15, 0.2) is 45.5 Å². The quantitative estimate of drug-likeness (QED) is 0.777. The van der Waals surface area contributed by atoms with Crippen LogP contribution in [0.4, 0.5) is 0 Å². The minimum Gasteiger partial charge on any atom is -0.497 e. The highest BCUT2D eigenvalue weighted by Crippen LogP contribution is 2.32. The van der Waals surface area contributed by atoms with Crippen LogP contribution in [0.1, 0.15) is 5.69 Å². The molecule has 5 nitrogen and oxygen atoms in total. The summed E-state index contributed by atoms with van der Waals surface area (Å²) in [7, 11) is 1.58. The maximum Gasteiger partial charge on any atom is 0.309 e. The van der Waals surface area contributed by atoms with Crippen molar-refractivity contribution in [3.8, 4) is 28.5 Å². The predicted molar refractivity (Wildman–Crippen MR) is 83.1 cm³/mol. The summed E-state index contributed by atoms with van der Waals surface area (Å²) in [5, 5.41) is 12.9. The van der Waals surface area contributed by atoms with Crippen molar-refractivity contribution in [2.45, 2.75) is 6.42 Å². The number of benzene rings is 1. The van der Waals surface area contributed by atoms with E-state index in [-0.39, 0.29) is 6.42 Å². The lowest BCUT2D eigenvalue weighted by Gasteiger charge is -2.00. The summed E-state index contributed by atoms with van der Waals surface area (Å²) in [6.45, 7) is 0. The largest absolute Gasteiger partial charge is 0.497 e. The first-order chi connectivity index (χ1) is 10.7. The van der Waals surface area contributed by atoms with E-state index in [1.54, 1.807) is 13.2 Å². The van der Waals surface area contributed by atoms with Crippen molar-refractivity contribution >= 4 is 17.3 Å². The molecule has 0 radical (unpaired) electrons. The number of hydrogen-bond acceptors (Lipinski definition) is 5. The van der Waals surface area contributed by atoms with Crippen LogP contribution in [0.25, 0.3) is 22.8 Å². The fourth-order valence-corrected chi connectivity index (χ4v) is 2.75. The van der Waals surface area contributed by atoms with Gasteiger partial charge in [0.1, 0.15) is 5.75 Å². The van der Waals surface area contributed by atoms with Gasteiger partial charge in [-0.25, -0.2) is 4.98 Å². The summed E-state index contributed by atoms with van der Waals surface area (Å²) < 4.78 is 11.0. The number of methoxy groups -OCH3 is 1. The molecule has 22 heavy (non-hydrogen) atoms. The molecule has 112 valence electrons. The summed E-state index contributed by atoms with van der Waals surface area (Å²) in [4.78, 5) is 15.4.